The Labute approximate surface area is 118 Å². The molecule has 2 heterocycles. The average molecular weight is 326 g/mol. The number of halogens is 1. The summed E-state index contributed by atoms with van der Waals surface area (Å²) in [5.41, 5.74) is 6.82. The van der Waals surface area contributed by atoms with Crippen LogP contribution in [0.15, 0.2) is 34.2 Å². The van der Waals surface area contributed by atoms with E-state index in [2.05, 4.69) is 20.9 Å². The third-order valence-corrected chi connectivity index (χ3v) is 4.17. The van der Waals surface area contributed by atoms with Gasteiger partial charge in [-0.25, -0.2) is 0 Å². The standard InChI is InChI=1S/C12H12BrN3OS/c1-16(11-5-4-10(13)18-11)12(17)9-3-2-8(6-14)7-15-9/h2-5,7H,6,14H2,1H3. The topological polar surface area (TPSA) is 59.2 Å². The molecular formula is C12H12BrN3OS. The van der Waals surface area contributed by atoms with E-state index in [9.17, 15) is 4.79 Å². The Bertz CT molecular complexity index is 553. The van der Waals surface area contributed by atoms with E-state index in [4.69, 9.17) is 5.73 Å². The van der Waals surface area contributed by atoms with Crippen molar-refractivity contribution in [3.8, 4) is 0 Å². The molecule has 0 aliphatic rings. The first kappa shape index (κ1) is 13.2. The van der Waals surface area contributed by atoms with Gasteiger partial charge in [0.05, 0.1) is 8.79 Å². The SMILES string of the molecule is CN(C(=O)c1ccc(CN)cn1)c1ccc(Br)s1. The maximum absolute atomic E-state index is 12.2. The number of amides is 1. The Morgan fingerprint density at radius 1 is 1.44 bits per heavy atom. The van der Waals surface area contributed by atoms with Crippen molar-refractivity contribution in [2.75, 3.05) is 11.9 Å². The number of pyridine rings is 1. The fourth-order valence-corrected chi connectivity index (χ4v) is 2.75. The van der Waals surface area contributed by atoms with E-state index in [0.717, 1.165) is 14.4 Å². The van der Waals surface area contributed by atoms with Crippen molar-refractivity contribution in [3.63, 3.8) is 0 Å². The van der Waals surface area contributed by atoms with E-state index in [0.29, 0.717) is 12.2 Å². The maximum atomic E-state index is 12.2. The summed E-state index contributed by atoms with van der Waals surface area (Å²) >= 11 is 4.88. The Kier molecular flexibility index (Phi) is 4.11. The summed E-state index contributed by atoms with van der Waals surface area (Å²) in [5, 5.41) is 0.872. The number of nitrogens with zero attached hydrogens (tertiary/aromatic N) is 2. The van der Waals surface area contributed by atoms with Crippen molar-refractivity contribution in [3.05, 3.63) is 45.5 Å². The van der Waals surface area contributed by atoms with Crippen molar-refractivity contribution in [2.45, 2.75) is 6.54 Å². The molecule has 4 nitrogen and oxygen atoms in total. The molecule has 0 aliphatic heterocycles. The molecule has 2 aromatic rings. The monoisotopic (exact) mass is 325 g/mol. The Morgan fingerprint density at radius 3 is 2.72 bits per heavy atom. The minimum Gasteiger partial charge on any atom is -0.326 e. The van der Waals surface area contributed by atoms with E-state index in [1.807, 2.05) is 18.2 Å². The van der Waals surface area contributed by atoms with Gasteiger partial charge < -0.3 is 10.6 Å². The molecule has 0 aliphatic carbocycles. The zero-order chi connectivity index (χ0) is 13.1. The highest BCUT2D eigenvalue weighted by atomic mass is 79.9. The molecule has 0 unspecified atom stereocenters. The predicted molar refractivity (Wildman–Crippen MR) is 76.9 cm³/mol. The molecule has 2 aromatic heterocycles. The fraction of sp³-hybridized carbons (Fsp3) is 0.167. The number of hydrogen-bond acceptors (Lipinski definition) is 4. The van der Waals surface area contributed by atoms with Crippen LogP contribution >= 0.6 is 27.3 Å². The molecule has 2 N–H and O–H groups in total. The second-order valence-corrected chi connectivity index (χ2v) is 6.14. The van der Waals surface area contributed by atoms with E-state index >= 15 is 0 Å². The molecule has 0 atom stereocenters. The van der Waals surface area contributed by atoms with E-state index in [1.165, 1.54) is 11.3 Å². The number of carbonyl (C=O) groups is 1. The van der Waals surface area contributed by atoms with Crippen molar-refractivity contribution >= 4 is 38.2 Å². The molecular weight excluding hydrogens is 314 g/mol. The van der Waals surface area contributed by atoms with Crippen LogP contribution in [0.3, 0.4) is 0 Å². The van der Waals surface area contributed by atoms with Crippen LogP contribution in [-0.2, 0) is 6.54 Å². The average Bonchev–Trinajstić information content (AvgIpc) is 2.84. The lowest BCUT2D eigenvalue weighted by molar-refractivity contribution is 0.0989. The van der Waals surface area contributed by atoms with E-state index in [1.54, 1.807) is 24.2 Å². The van der Waals surface area contributed by atoms with Gasteiger partial charge in [-0.3, -0.25) is 9.78 Å². The number of rotatable bonds is 3. The van der Waals surface area contributed by atoms with Gasteiger partial charge in [0.15, 0.2) is 0 Å². The molecule has 0 radical (unpaired) electrons. The predicted octanol–water partition coefficient (Wildman–Crippen LogP) is 2.64. The first-order chi connectivity index (χ1) is 8.61. The first-order valence-electron chi connectivity index (χ1n) is 5.30. The molecule has 2 rings (SSSR count). The minimum atomic E-state index is -0.132. The highest BCUT2D eigenvalue weighted by Crippen LogP contribution is 2.29. The molecule has 0 aromatic carbocycles. The van der Waals surface area contributed by atoms with Crippen LogP contribution in [0, 0.1) is 0 Å². The van der Waals surface area contributed by atoms with Crippen LogP contribution in [0.2, 0.25) is 0 Å². The Hall–Kier alpha value is -1.24. The quantitative estimate of drug-likeness (QED) is 0.943. The Balaban J connectivity index is 2.19. The van der Waals surface area contributed by atoms with Crippen LogP contribution in [0.25, 0.3) is 0 Å². The van der Waals surface area contributed by atoms with Gasteiger partial charge in [-0.2, -0.15) is 0 Å². The molecule has 0 spiro atoms. The van der Waals surface area contributed by atoms with Crippen molar-refractivity contribution in [1.29, 1.82) is 0 Å². The molecule has 94 valence electrons. The molecule has 0 fully saturated rings. The minimum absolute atomic E-state index is 0.132. The lowest BCUT2D eigenvalue weighted by Gasteiger charge is -2.14. The van der Waals surface area contributed by atoms with Crippen molar-refractivity contribution in [1.82, 2.24) is 4.98 Å². The van der Waals surface area contributed by atoms with Gasteiger partial charge in [0.1, 0.15) is 5.69 Å². The normalized spacial score (nSPS) is 10.4. The third-order valence-electron chi connectivity index (χ3n) is 2.47. The molecule has 0 saturated carbocycles. The molecule has 18 heavy (non-hydrogen) atoms. The number of thiophene rings is 1. The number of nitrogens with two attached hydrogens (primary N) is 1. The van der Waals surface area contributed by atoms with Crippen LogP contribution in [-0.4, -0.2) is 17.9 Å². The van der Waals surface area contributed by atoms with Gasteiger partial charge in [-0.05, 0) is 39.7 Å². The second kappa shape index (κ2) is 5.60. The smallest absolute Gasteiger partial charge is 0.277 e. The zero-order valence-corrected chi connectivity index (χ0v) is 12.2. The van der Waals surface area contributed by atoms with Crippen LogP contribution in [0.1, 0.15) is 16.1 Å². The summed E-state index contributed by atoms with van der Waals surface area (Å²) in [6.07, 6.45) is 1.63. The summed E-state index contributed by atoms with van der Waals surface area (Å²) in [5.74, 6) is -0.132. The summed E-state index contributed by atoms with van der Waals surface area (Å²) in [7, 11) is 1.74. The van der Waals surface area contributed by atoms with Crippen LogP contribution in [0.5, 0.6) is 0 Å². The van der Waals surface area contributed by atoms with Gasteiger partial charge in [-0.1, -0.05) is 6.07 Å². The van der Waals surface area contributed by atoms with Crippen molar-refractivity contribution < 1.29 is 4.79 Å². The number of aromatic nitrogens is 1. The van der Waals surface area contributed by atoms with Gasteiger partial charge in [0.25, 0.3) is 5.91 Å². The maximum Gasteiger partial charge on any atom is 0.277 e. The first-order valence-corrected chi connectivity index (χ1v) is 6.91. The van der Waals surface area contributed by atoms with Gasteiger partial charge in [0, 0.05) is 19.8 Å². The van der Waals surface area contributed by atoms with Crippen LogP contribution < -0.4 is 10.6 Å². The Morgan fingerprint density at radius 2 is 2.22 bits per heavy atom. The van der Waals surface area contributed by atoms with Gasteiger partial charge in [0.2, 0.25) is 0 Å². The highest BCUT2D eigenvalue weighted by molar-refractivity contribution is 9.11. The number of anilines is 1. The fourth-order valence-electron chi connectivity index (χ4n) is 1.43. The lowest BCUT2D eigenvalue weighted by atomic mass is 10.2. The molecule has 0 saturated heterocycles. The highest BCUT2D eigenvalue weighted by Gasteiger charge is 2.16. The largest absolute Gasteiger partial charge is 0.326 e. The summed E-state index contributed by atoms with van der Waals surface area (Å²) in [4.78, 5) is 17.9. The lowest BCUT2D eigenvalue weighted by Crippen LogP contribution is -2.26. The van der Waals surface area contributed by atoms with Gasteiger partial charge in [-0.15, -0.1) is 11.3 Å². The van der Waals surface area contributed by atoms with Crippen LogP contribution in [0.4, 0.5) is 5.00 Å². The summed E-state index contributed by atoms with van der Waals surface area (Å²) < 4.78 is 0.989. The van der Waals surface area contributed by atoms with E-state index < -0.39 is 0 Å². The molecule has 6 heteroatoms. The zero-order valence-electron chi connectivity index (χ0n) is 9.76. The number of carbonyl (C=O) groups excluding carboxylic acids is 1. The van der Waals surface area contributed by atoms with Crippen molar-refractivity contribution in [2.24, 2.45) is 5.73 Å². The molecule has 0 bridgehead atoms. The molecule has 1 amide bonds. The van der Waals surface area contributed by atoms with Gasteiger partial charge >= 0.3 is 0 Å². The van der Waals surface area contributed by atoms with E-state index in [-0.39, 0.29) is 5.91 Å². The summed E-state index contributed by atoms with van der Waals surface area (Å²) in [6.45, 7) is 0.426. The third kappa shape index (κ3) is 2.77. The second-order valence-electron chi connectivity index (χ2n) is 3.70. The number of hydrogen-bond donors (Lipinski definition) is 1. The summed E-state index contributed by atoms with van der Waals surface area (Å²) in [6, 6.07) is 7.32.